The van der Waals surface area contributed by atoms with Crippen molar-refractivity contribution in [3.8, 4) is 0 Å². The summed E-state index contributed by atoms with van der Waals surface area (Å²) in [4.78, 5) is 4.46. The third-order valence-electron chi connectivity index (χ3n) is 4.27. The number of nitrogens with one attached hydrogen (secondary N) is 1. The van der Waals surface area contributed by atoms with Crippen LogP contribution in [0.25, 0.3) is 0 Å². The minimum atomic E-state index is -2.90. The lowest BCUT2D eigenvalue weighted by atomic mass is 10.2. The zero-order valence-electron chi connectivity index (χ0n) is 11.5. The lowest BCUT2D eigenvalue weighted by molar-refractivity contribution is 0.0366. The van der Waals surface area contributed by atoms with E-state index in [4.69, 9.17) is 17.0 Å². The smallest absolute Gasteiger partial charge is 0.169 e. The Kier molecular flexibility index (Phi) is 4.16. The van der Waals surface area contributed by atoms with E-state index in [0.29, 0.717) is 0 Å². The van der Waals surface area contributed by atoms with Crippen molar-refractivity contribution in [2.45, 2.75) is 18.5 Å². The largest absolute Gasteiger partial charge is 0.379 e. The van der Waals surface area contributed by atoms with Crippen molar-refractivity contribution in [2.24, 2.45) is 0 Å². The van der Waals surface area contributed by atoms with Crippen molar-refractivity contribution in [3.05, 3.63) is 0 Å². The molecule has 3 heterocycles. The van der Waals surface area contributed by atoms with E-state index in [-0.39, 0.29) is 23.6 Å². The molecule has 3 fully saturated rings. The summed E-state index contributed by atoms with van der Waals surface area (Å²) in [5.74, 6) is 0.458. The Hall–Kier alpha value is -0.440. The zero-order chi connectivity index (χ0) is 14.2. The molecule has 3 aliphatic rings. The van der Waals surface area contributed by atoms with Crippen LogP contribution < -0.4 is 5.32 Å². The van der Waals surface area contributed by atoms with Gasteiger partial charge in [0.25, 0.3) is 0 Å². The molecular weight excluding hydrogens is 298 g/mol. The molecule has 0 aromatic heterocycles. The van der Waals surface area contributed by atoms with Crippen LogP contribution in [0.15, 0.2) is 0 Å². The fourth-order valence-electron chi connectivity index (χ4n) is 3.22. The Morgan fingerprint density at radius 2 is 2.00 bits per heavy atom. The number of morpholine rings is 1. The maximum Gasteiger partial charge on any atom is 0.169 e. The predicted octanol–water partition coefficient (Wildman–Crippen LogP) is -0.936. The fraction of sp³-hybridized carbons (Fsp3) is 0.917. The second-order valence-electron chi connectivity index (χ2n) is 5.70. The SMILES string of the molecule is O=S1(=O)C[C@@H]2[C@@H](C1)NC(=S)N2CCCN1CCOCC1. The number of sulfone groups is 1. The number of nitrogens with zero attached hydrogens (tertiary/aromatic N) is 2. The van der Waals surface area contributed by atoms with Crippen LogP contribution in [0, 0.1) is 0 Å². The van der Waals surface area contributed by atoms with Crippen molar-refractivity contribution in [2.75, 3.05) is 50.9 Å². The molecule has 8 heteroatoms. The minimum Gasteiger partial charge on any atom is -0.379 e. The Bertz CT molecular complexity index is 476. The van der Waals surface area contributed by atoms with E-state index in [0.717, 1.165) is 50.9 Å². The van der Waals surface area contributed by atoms with Crippen LogP contribution in [0.2, 0.25) is 0 Å². The minimum absolute atomic E-state index is 0.00381. The first-order valence-electron chi connectivity index (χ1n) is 7.13. The molecule has 0 spiro atoms. The second kappa shape index (κ2) is 5.75. The van der Waals surface area contributed by atoms with Gasteiger partial charge in [0.05, 0.1) is 36.8 Å². The standard InChI is InChI=1S/C12H21N3O3S2/c16-20(17)8-10-11(9-20)15(12(19)13-10)3-1-2-14-4-6-18-7-5-14/h10-11H,1-9H2,(H,13,19)/t10-,11-/m1/s1. The van der Waals surface area contributed by atoms with Gasteiger partial charge < -0.3 is 15.0 Å². The molecule has 3 rings (SSSR count). The van der Waals surface area contributed by atoms with Crippen LogP contribution in [-0.2, 0) is 14.6 Å². The van der Waals surface area contributed by atoms with E-state index in [1.807, 2.05) is 0 Å². The highest BCUT2D eigenvalue weighted by Crippen LogP contribution is 2.24. The first kappa shape index (κ1) is 14.5. The van der Waals surface area contributed by atoms with E-state index >= 15 is 0 Å². The molecule has 3 saturated heterocycles. The quantitative estimate of drug-likeness (QED) is 0.671. The molecule has 3 aliphatic heterocycles. The number of ether oxygens (including phenoxy) is 1. The van der Waals surface area contributed by atoms with Crippen LogP contribution in [0.5, 0.6) is 0 Å². The van der Waals surface area contributed by atoms with E-state index < -0.39 is 9.84 Å². The van der Waals surface area contributed by atoms with Crippen LogP contribution in [-0.4, -0.2) is 86.3 Å². The van der Waals surface area contributed by atoms with Crippen molar-refractivity contribution >= 4 is 27.2 Å². The second-order valence-corrected chi connectivity index (χ2v) is 8.24. The highest BCUT2D eigenvalue weighted by Gasteiger charge is 2.46. The number of fused-ring (bicyclic) bond motifs is 1. The molecule has 0 amide bonds. The van der Waals surface area contributed by atoms with E-state index in [9.17, 15) is 8.42 Å². The molecule has 0 unspecified atom stereocenters. The number of rotatable bonds is 4. The van der Waals surface area contributed by atoms with Crippen molar-refractivity contribution in [1.29, 1.82) is 0 Å². The summed E-state index contributed by atoms with van der Waals surface area (Å²) in [6.45, 7) is 5.46. The molecule has 0 aliphatic carbocycles. The van der Waals surface area contributed by atoms with Gasteiger partial charge >= 0.3 is 0 Å². The first-order valence-corrected chi connectivity index (χ1v) is 9.36. The van der Waals surface area contributed by atoms with Crippen LogP contribution >= 0.6 is 12.2 Å². The molecule has 1 N–H and O–H groups in total. The molecule has 6 nitrogen and oxygen atoms in total. The average molecular weight is 319 g/mol. The lowest BCUT2D eigenvalue weighted by Crippen LogP contribution is -2.41. The van der Waals surface area contributed by atoms with Gasteiger partial charge in [-0.05, 0) is 18.6 Å². The van der Waals surface area contributed by atoms with Crippen LogP contribution in [0.4, 0.5) is 0 Å². The van der Waals surface area contributed by atoms with Gasteiger partial charge in [0.2, 0.25) is 0 Å². The number of hydrogen-bond donors (Lipinski definition) is 1. The third-order valence-corrected chi connectivity index (χ3v) is 6.34. The van der Waals surface area contributed by atoms with Gasteiger partial charge in [0.1, 0.15) is 0 Å². The molecule has 20 heavy (non-hydrogen) atoms. The van der Waals surface area contributed by atoms with Gasteiger partial charge in [0.15, 0.2) is 14.9 Å². The van der Waals surface area contributed by atoms with Gasteiger partial charge in [0, 0.05) is 26.2 Å². The third kappa shape index (κ3) is 3.08. The van der Waals surface area contributed by atoms with Gasteiger partial charge in [-0.3, -0.25) is 4.90 Å². The summed E-state index contributed by atoms with van der Waals surface area (Å²) in [5, 5.41) is 3.87. The molecule has 0 saturated carbocycles. The highest BCUT2D eigenvalue weighted by atomic mass is 32.2. The molecule has 0 aromatic rings. The number of hydrogen-bond acceptors (Lipinski definition) is 5. The molecule has 114 valence electrons. The average Bonchev–Trinajstić information content (AvgIpc) is 2.83. The summed E-state index contributed by atoms with van der Waals surface area (Å²) in [7, 11) is -2.90. The summed E-state index contributed by atoms with van der Waals surface area (Å²) in [6, 6.07) is 0.0353. The van der Waals surface area contributed by atoms with Gasteiger partial charge in [-0.25, -0.2) is 8.42 Å². The van der Waals surface area contributed by atoms with Crippen LogP contribution in [0.1, 0.15) is 6.42 Å². The topological polar surface area (TPSA) is 61.9 Å². The van der Waals surface area contributed by atoms with Crippen molar-refractivity contribution in [1.82, 2.24) is 15.1 Å². The van der Waals surface area contributed by atoms with E-state index in [1.54, 1.807) is 0 Å². The summed E-state index contributed by atoms with van der Waals surface area (Å²) in [5.41, 5.74) is 0. The summed E-state index contributed by atoms with van der Waals surface area (Å²) < 4.78 is 28.7. The van der Waals surface area contributed by atoms with Crippen molar-refractivity contribution < 1.29 is 13.2 Å². The molecule has 2 atom stereocenters. The van der Waals surface area contributed by atoms with Gasteiger partial charge in [-0.1, -0.05) is 0 Å². The zero-order valence-corrected chi connectivity index (χ0v) is 13.1. The monoisotopic (exact) mass is 319 g/mol. The fourth-order valence-corrected chi connectivity index (χ4v) is 5.52. The van der Waals surface area contributed by atoms with E-state index in [1.165, 1.54) is 0 Å². The molecule has 0 bridgehead atoms. The molecular formula is C12H21N3O3S2. The summed E-state index contributed by atoms with van der Waals surface area (Å²) in [6.07, 6.45) is 1.01. The molecule has 0 aromatic carbocycles. The Labute approximate surface area is 125 Å². The van der Waals surface area contributed by atoms with Gasteiger partial charge in [-0.15, -0.1) is 0 Å². The Morgan fingerprint density at radius 1 is 1.25 bits per heavy atom. The summed E-state index contributed by atoms with van der Waals surface area (Å²) >= 11 is 5.33. The van der Waals surface area contributed by atoms with E-state index in [2.05, 4.69) is 15.1 Å². The number of thiocarbonyl (C=S) groups is 1. The first-order chi connectivity index (χ1) is 9.55. The normalized spacial score (nSPS) is 33.2. The maximum absolute atomic E-state index is 11.7. The van der Waals surface area contributed by atoms with Crippen molar-refractivity contribution in [3.63, 3.8) is 0 Å². The lowest BCUT2D eigenvalue weighted by Gasteiger charge is -2.28. The Balaban J connectivity index is 1.50. The predicted molar refractivity (Wildman–Crippen MR) is 80.5 cm³/mol. The Morgan fingerprint density at radius 3 is 2.75 bits per heavy atom. The van der Waals surface area contributed by atoms with Crippen LogP contribution in [0.3, 0.4) is 0 Å². The van der Waals surface area contributed by atoms with Gasteiger partial charge in [-0.2, -0.15) is 0 Å². The molecule has 0 radical (unpaired) electrons. The maximum atomic E-state index is 11.7. The highest BCUT2D eigenvalue weighted by molar-refractivity contribution is 7.91.